The standard InChI is InChI=1S/C16H16F3N3O/c1-2-3-5-10-6-4-7-12(14(20)23)13(10)11-8-21-15(22-9-11)16(17,18)19/h4,6-9H,2-3,5H2,1H3,(H2,20,23). The minimum absolute atomic E-state index is 0.252. The third-order valence-electron chi connectivity index (χ3n) is 3.41. The van der Waals surface area contributed by atoms with E-state index in [9.17, 15) is 18.0 Å². The first kappa shape index (κ1) is 16.9. The molecule has 1 amide bonds. The van der Waals surface area contributed by atoms with Gasteiger partial charge in [-0.3, -0.25) is 4.79 Å². The van der Waals surface area contributed by atoms with Gasteiger partial charge in [-0.1, -0.05) is 25.5 Å². The molecule has 0 saturated heterocycles. The van der Waals surface area contributed by atoms with Crippen molar-refractivity contribution in [3.8, 4) is 11.1 Å². The molecule has 0 aliphatic heterocycles. The molecule has 0 aliphatic carbocycles. The maximum atomic E-state index is 12.6. The zero-order valence-corrected chi connectivity index (χ0v) is 12.5. The minimum atomic E-state index is -4.60. The molecule has 1 aromatic heterocycles. The van der Waals surface area contributed by atoms with Crippen LogP contribution in [0, 0.1) is 0 Å². The zero-order chi connectivity index (χ0) is 17.0. The van der Waals surface area contributed by atoms with E-state index in [1.165, 1.54) is 0 Å². The largest absolute Gasteiger partial charge is 0.451 e. The van der Waals surface area contributed by atoms with Gasteiger partial charge in [0, 0.05) is 29.1 Å². The van der Waals surface area contributed by atoms with E-state index in [4.69, 9.17) is 5.73 Å². The van der Waals surface area contributed by atoms with Gasteiger partial charge in [-0.05, 0) is 24.5 Å². The van der Waals surface area contributed by atoms with Gasteiger partial charge in [0.05, 0.1) is 0 Å². The van der Waals surface area contributed by atoms with E-state index in [-0.39, 0.29) is 5.56 Å². The summed E-state index contributed by atoms with van der Waals surface area (Å²) in [4.78, 5) is 18.4. The number of carbonyl (C=O) groups excluding carboxylic acids is 1. The molecular weight excluding hydrogens is 307 g/mol. The number of benzene rings is 1. The summed E-state index contributed by atoms with van der Waals surface area (Å²) in [6, 6.07) is 5.08. The smallest absolute Gasteiger partial charge is 0.366 e. The summed E-state index contributed by atoms with van der Waals surface area (Å²) >= 11 is 0. The van der Waals surface area contributed by atoms with Crippen LogP contribution in [0.5, 0.6) is 0 Å². The Morgan fingerprint density at radius 1 is 1.22 bits per heavy atom. The number of aryl methyl sites for hydroxylation is 1. The molecule has 7 heteroatoms. The van der Waals surface area contributed by atoms with E-state index in [2.05, 4.69) is 9.97 Å². The predicted molar refractivity (Wildman–Crippen MR) is 79.6 cm³/mol. The Morgan fingerprint density at radius 3 is 2.39 bits per heavy atom. The van der Waals surface area contributed by atoms with E-state index in [0.29, 0.717) is 17.5 Å². The van der Waals surface area contributed by atoms with Gasteiger partial charge < -0.3 is 5.73 Å². The predicted octanol–water partition coefficient (Wildman–Crippen LogP) is 3.60. The summed E-state index contributed by atoms with van der Waals surface area (Å²) in [6.07, 6.45) is 0.0707. The van der Waals surface area contributed by atoms with Gasteiger partial charge in [0.25, 0.3) is 0 Å². The number of primary amides is 1. The summed E-state index contributed by atoms with van der Waals surface area (Å²) < 4.78 is 37.7. The first-order valence-corrected chi connectivity index (χ1v) is 7.16. The molecule has 23 heavy (non-hydrogen) atoms. The number of rotatable bonds is 5. The van der Waals surface area contributed by atoms with Gasteiger partial charge in [-0.15, -0.1) is 0 Å². The van der Waals surface area contributed by atoms with Gasteiger partial charge in [-0.25, -0.2) is 9.97 Å². The Morgan fingerprint density at radius 2 is 1.87 bits per heavy atom. The lowest BCUT2D eigenvalue weighted by molar-refractivity contribution is -0.144. The van der Waals surface area contributed by atoms with Crippen molar-refractivity contribution in [1.29, 1.82) is 0 Å². The van der Waals surface area contributed by atoms with Crippen molar-refractivity contribution in [1.82, 2.24) is 9.97 Å². The molecule has 0 unspecified atom stereocenters. The Labute approximate surface area is 131 Å². The van der Waals surface area contributed by atoms with Crippen LogP contribution in [0.1, 0.15) is 41.5 Å². The molecule has 2 aromatic rings. The van der Waals surface area contributed by atoms with Crippen molar-refractivity contribution in [3.05, 3.63) is 47.5 Å². The number of amides is 1. The van der Waals surface area contributed by atoms with Crippen LogP contribution in [-0.2, 0) is 12.6 Å². The molecule has 0 saturated carbocycles. The lowest BCUT2D eigenvalue weighted by Crippen LogP contribution is -2.14. The Hall–Kier alpha value is -2.44. The van der Waals surface area contributed by atoms with Crippen LogP contribution in [0.15, 0.2) is 30.6 Å². The Balaban J connectivity index is 2.53. The second kappa shape index (κ2) is 6.76. The highest BCUT2D eigenvalue weighted by Crippen LogP contribution is 2.30. The van der Waals surface area contributed by atoms with Crippen LogP contribution < -0.4 is 5.73 Å². The molecule has 0 radical (unpaired) electrons. The summed E-state index contributed by atoms with van der Waals surface area (Å²) in [5, 5.41) is 0. The van der Waals surface area contributed by atoms with Gasteiger partial charge in [0.2, 0.25) is 11.7 Å². The molecule has 0 atom stereocenters. The molecule has 1 heterocycles. The van der Waals surface area contributed by atoms with Gasteiger partial charge in [0.15, 0.2) is 0 Å². The van der Waals surface area contributed by atoms with E-state index >= 15 is 0 Å². The molecule has 2 rings (SSSR count). The fourth-order valence-corrected chi connectivity index (χ4v) is 2.33. The number of alkyl halides is 3. The summed E-state index contributed by atoms with van der Waals surface area (Å²) in [6.45, 7) is 2.03. The topological polar surface area (TPSA) is 68.9 Å². The van der Waals surface area contributed by atoms with Crippen LogP contribution in [0.4, 0.5) is 13.2 Å². The van der Waals surface area contributed by atoms with Crippen LogP contribution in [0.25, 0.3) is 11.1 Å². The third kappa shape index (κ3) is 3.85. The zero-order valence-electron chi connectivity index (χ0n) is 12.5. The number of nitrogens with two attached hydrogens (primary N) is 1. The average molecular weight is 323 g/mol. The number of halogens is 3. The number of carbonyl (C=O) groups is 1. The third-order valence-corrected chi connectivity index (χ3v) is 3.41. The van der Waals surface area contributed by atoms with Crippen LogP contribution in [0.3, 0.4) is 0 Å². The quantitative estimate of drug-likeness (QED) is 0.914. The summed E-state index contributed by atoms with van der Waals surface area (Å²) in [5.41, 5.74) is 7.33. The monoisotopic (exact) mass is 323 g/mol. The van der Waals surface area contributed by atoms with Gasteiger partial charge in [0.1, 0.15) is 0 Å². The van der Waals surface area contributed by atoms with Crippen LogP contribution in [0.2, 0.25) is 0 Å². The number of unbranched alkanes of at least 4 members (excludes halogenated alkanes) is 1. The molecule has 0 fully saturated rings. The number of aromatic nitrogens is 2. The molecule has 122 valence electrons. The molecular formula is C16H16F3N3O. The first-order chi connectivity index (χ1) is 10.8. The van der Waals surface area contributed by atoms with Crippen LogP contribution in [-0.4, -0.2) is 15.9 Å². The fourth-order valence-electron chi connectivity index (χ4n) is 2.33. The van der Waals surface area contributed by atoms with Crippen molar-refractivity contribution < 1.29 is 18.0 Å². The second-order valence-corrected chi connectivity index (χ2v) is 5.10. The molecule has 4 nitrogen and oxygen atoms in total. The van der Waals surface area contributed by atoms with Crippen molar-refractivity contribution in [2.75, 3.05) is 0 Å². The highest BCUT2D eigenvalue weighted by molar-refractivity contribution is 6.00. The lowest BCUT2D eigenvalue weighted by atomic mass is 9.93. The van der Waals surface area contributed by atoms with Crippen molar-refractivity contribution in [2.45, 2.75) is 32.4 Å². The molecule has 0 spiro atoms. The van der Waals surface area contributed by atoms with E-state index in [1.807, 2.05) is 13.0 Å². The average Bonchev–Trinajstić information content (AvgIpc) is 2.51. The van der Waals surface area contributed by atoms with Crippen molar-refractivity contribution in [2.24, 2.45) is 5.73 Å². The van der Waals surface area contributed by atoms with Crippen molar-refractivity contribution in [3.63, 3.8) is 0 Å². The highest BCUT2D eigenvalue weighted by atomic mass is 19.4. The minimum Gasteiger partial charge on any atom is -0.366 e. The van der Waals surface area contributed by atoms with E-state index in [0.717, 1.165) is 30.8 Å². The van der Waals surface area contributed by atoms with Crippen molar-refractivity contribution >= 4 is 5.91 Å². The summed E-state index contributed by atoms with van der Waals surface area (Å²) in [7, 11) is 0. The second-order valence-electron chi connectivity index (χ2n) is 5.10. The normalized spacial score (nSPS) is 11.5. The lowest BCUT2D eigenvalue weighted by Gasteiger charge is -2.13. The SMILES string of the molecule is CCCCc1cccc(C(N)=O)c1-c1cnc(C(F)(F)F)nc1. The molecule has 0 aliphatic rings. The number of hydrogen-bond acceptors (Lipinski definition) is 3. The maximum Gasteiger partial charge on any atom is 0.451 e. The highest BCUT2D eigenvalue weighted by Gasteiger charge is 2.34. The summed E-state index contributed by atoms with van der Waals surface area (Å²) in [5.74, 6) is -1.86. The van der Waals surface area contributed by atoms with Gasteiger partial charge >= 0.3 is 6.18 Å². The number of nitrogens with zero attached hydrogens (tertiary/aromatic N) is 2. The van der Waals surface area contributed by atoms with E-state index in [1.54, 1.807) is 12.1 Å². The van der Waals surface area contributed by atoms with Crippen LogP contribution >= 0.6 is 0 Å². The first-order valence-electron chi connectivity index (χ1n) is 7.16. The molecule has 0 bridgehead atoms. The Bertz CT molecular complexity index is 697. The molecule has 1 aromatic carbocycles. The Kier molecular flexibility index (Phi) is 4.98. The fraction of sp³-hybridized carbons (Fsp3) is 0.312. The maximum absolute atomic E-state index is 12.6. The molecule has 2 N–H and O–H groups in total. The van der Waals surface area contributed by atoms with E-state index < -0.39 is 17.9 Å². The number of hydrogen-bond donors (Lipinski definition) is 1. The van der Waals surface area contributed by atoms with Gasteiger partial charge in [-0.2, -0.15) is 13.2 Å².